The Morgan fingerprint density at radius 1 is 1.42 bits per heavy atom. The zero-order valence-electron chi connectivity index (χ0n) is 11.6. The van der Waals surface area contributed by atoms with Crippen molar-refractivity contribution in [2.24, 2.45) is 0 Å². The minimum absolute atomic E-state index is 0.00890. The monoisotopic (exact) mass is 265 g/mol. The highest BCUT2D eigenvalue weighted by molar-refractivity contribution is 5.85. The van der Waals surface area contributed by atoms with Crippen molar-refractivity contribution < 1.29 is 19.4 Å². The molecule has 1 aromatic rings. The maximum atomic E-state index is 10.7. The van der Waals surface area contributed by atoms with Gasteiger partial charge < -0.3 is 14.6 Å². The van der Waals surface area contributed by atoms with Crippen LogP contribution >= 0.6 is 0 Å². The smallest absolute Gasteiger partial charge is 0.354 e. The van der Waals surface area contributed by atoms with Crippen LogP contribution in [-0.4, -0.2) is 33.4 Å². The number of pyridine rings is 1. The fraction of sp³-hybridized carbons (Fsp3) is 0.571. The van der Waals surface area contributed by atoms with Gasteiger partial charge in [-0.15, -0.1) is 0 Å². The van der Waals surface area contributed by atoms with Gasteiger partial charge in [0.25, 0.3) is 0 Å². The average Bonchev–Trinajstić information content (AvgIpc) is 2.47. The summed E-state index contributed by atoms with van der Waals surface area (Å²) in [5.74, 6) is -0.485. The summed E-state index contributed by atoms with van der Waals surface area (Å²) < 4.78 is 11.8. The highest BCUT2D eigenvalue weighted by atomic mass is 16.6. The minimum atomic E-state index is -1.04. The molecule has 5 heteroatoms. The molecule has 1 aliphatic heterocycles. The second-order valence-corrected chi connectivity index (χ2v) is 5.96. The van der Waals surface area contributed by atoms with Crippen molar-refractivity contribution in [3.8, 4) is 5.75 Å². The van der Waals surface area contributed by atoms with E-state index in [2.05, 4.69) is 4.98 Å². The molecule has 1 aliphatic rings. The van der Waals surface area contributed by atoms with Crippen LogP contribution in [0.1, 0.15) is 44.6 Å². The fourth-order valence-electron chi connectivity index (χ4n) is 2.44. The maximum Gasteiger partial charge on any atom is 0.354 e. The van der Waals surface area contributed by atoms with Gasteiger partial charge in [0.1, 0.15) is 23.1 Å². The lowest BCUT2D eigenvalue weighted by Gasteiger charge is -2.27. The van der Waals surface area contributed by atoms with Gasteiger partial charge in [-0.1, -0.05) is 0 Å². The Morgan fingerprint density at radius 2 is 2.11 bits per heavy atom. The van der Waals surface area contributed by atoms with Gasteiger partial charge in [0.05, 0.1) is 11.8 Å². The van der Waals surface area contributed by atoms with Crippen LogP contribution in [0, 0.1) is 0 Å². The van der Waals surface area contributed by atoms with Crippen molar-refractivity contribution >= 4 is 5.97 Å². The summed E-state index contributed by atoms with van der Waals surface area (Å²) in [7, 11) is 0. The maximum absolute atomic E-state index is 10.7. The van der Waals surface area contributed by atoms with Gasteiger partial charge in [-0.3, -0.25) is 0 Å². The molecule has 2 rings (SSSR count). The Hall–Kier alpha value is -1.62. The van der Waals surface area contributed by atoms with Crippen LogP contribution < -0.4 is 4.74 Å². The zero-order valence-corrected chi connectivity index (χ0v) is 11.6. The Bertz CT molecular complexity index is 479. The predicted molar refractivity (Wildman–Crippen MR) is 69.5 cm³/mol. The number of aromatic carboxylic acids is 1. The number of carboxylic acids is 1. The lowest BCUT2D eigenvalue weighted by molar-refractivity contribution is -0.0846. The van der Waals surface area contributed by atoms with E-state index in [-0.39, 0.29) is 23.0 Å². The molecule has 1 atom stereocenters. The molecule has 0 aliphatic carbocycles. The molecule has 19 heavy (non-hydrogen) atoms. The number of rotatable bonds is 3. The van der Waals surface area contributed by atoms with Gasteiger partial charge in [0, 0.05) is 6.42 Å². The molecule has 2 heterocycles. The molecule has 1 saturated heterocycles. The van der Waals surface area contributed by atoms with E-state index in [9.17, 15) is 4.79 Å². The van der Waals surface area contributed by atoms with Crippen LogP contribution in [0.25, 0.3) is 0 Å². The van der Waals surface area contributed by atoms with Gasteiger partial charge >= 0.3 is 5.97 Å². The van der Waals surface area contributed by atoms with Gasteiger partial charge in [-0.25, -0.2) is 9.78 Å². The normalized spacial score (nSPS) is 24.1. The Labute approximate surface area is 112 Å². The summed E-state index contributed by atoms with van der Waals surface area (Å²) in [5, 5.41) is 8.79. The third-order valence-electron chi connectivity index (χ3n) is 3.23. The summed E-state index contributed by atoms with van der Waals surface area (Å²) in [6.07, 6.45) is 2.13. The molecule has 1 aromatic heterocycles. The van der Waals surface area contributed by atoms with E-state index in [4.69, 9.17) is 14.6 Å². The molecule has 104 valence electrons. The predicted octanol–water partition coefficient (Wildman–Crippen LogP) is 2.50. The standard InChI is InChI=1S/C14H19NO4/c1-13(2)7-11(14(3,4)19-13)18-9-5-6-10(12(16)17)15-8-9/h5-6,8,11H,7H2,1-4H3,(H,16,17). The first-order chi connectivity index (χ1) is 8.70. The molecule has 0 spiro atoms. The van der Waals surface area contributed by atoms with E-state index < -0.39 is 5.97 Å². The average molecular weight is 265 g/mol. The summed E-state index contributed by atoms with van der Waals surface area (Å²) in [6, 6.07) is 3.06. The molecule has 1 fully saturated rings. The lowest BCUT2D eigenvalue weighted by Crippen LogP contribution is -2.36. The van der Waals surface area contributed by atoms with Gasteiger partial charge in [-0.05, 0) is 39.8 Å². The molecule has 5 nitrogen and oxygen atoms in total. The number of nitrogens with zero attached hydrogens (tertiary/aromatic N) is 1. The van der Waals surface area contributed by atoms with Gasteiger partial charge in [0.15, 0.2) is 0 Å². The first-order valence-electron chi connectivity index (χ1n) is 6.26. The van der Waals surface area contributed by atoms with E-state index in [0.717, 1.165) is 6.42 Å². The van der Waals surface area contributed by atoms with Gasteiger partial charge in [-0.2, -0.15) is 0 Å². The summed E-state index contributed by atoms with van der Waals surface area (Å²) in [4.78, 5) is 14.6. The van der Waals surface area contributed by atoms with Crippen molar-refractivity contribution in [1.82, 2.24) is 4.98 Å². The molecule has 0 aromatic carbocycles. The van der Waals surface area contributed by atoms with E-state index in [1.165, 1.54) is 12.3 Å². The summed E-state index contributed by atoms with van der Waals surface area (Å²) >= 11 is 0. The van der Waals surface area contributed by atoms with Crippen molar-refractivity contribution in [2.75, 3.05) is 0 Å². The fourth-order valence-corrected chi connectivity index (χ4v) is 2.44. The second-order valence-electron chi connectivity index (χ2n) is 5.96. The third kappa shape index (κ3) is 3.04. The number of hydrogen-bond donors (Lipinski definition) is 1. The lowest BCUT2D eigenvalue weighted by atomic mass is 9.97. The molecule has 0 amide bonds. The highest BCUT2D eigenvalue weighted by Crippen LogP contribution is 2.39. The Kier molecular flexibility index (Phi) is 3.26. The van der Waals surface area contributed by atoms with E-state index in [0.29, 0.717) is 5.75 Å². The number of aromatic nitrogens is 1. The number of ether oxygens (including phenoxy) is 2. The number of carbonyl (C=O) groups is 1. The number of hydrogen-bond acceptors (Lipinski definition) is 4. The van der Waals surface area contributed by atoms with Crippen LogP contribution in [0.2, 0.25) is 0 Å². The quantitative estimate of drug-likeness (QED) is 0.909. The molecule has 0 radical (unpaired) electrons. The third-order valence-corrected chi connectivity index (χ3v) is 3.23. The van der Waals surface area contributed by atoms with Crippen LogP contribution in [0.3, 0.4) is 0 Å². The first kappa shape index (κ1) is 13.8. The van der Waals surface area contributed by atoms with Crippen LogP contribution in [-0.2, 0) is 4.74 Å². The molecule has 0 saturated carbocycles. The van der Waals surface area contributed by atoms with E-state index in [1.807, 2.05) is 27.7 Å². The van der Waals surface area contributed by atoms with E-state index >= 15 is 0 Å². The van der Waals surface area contributed by atoms with Crippen LogP contribution in [0.15, 0.2) is 18.3 Å². The highest BCUT2D eigenvalue weighted by Gasteiger charge is 2.47. The number of carboxylic acid groups (broad SMARTS) is 1. The van der Waals surface area contributed by atoms with Crippen molar-refractivity contribution in [3.63, 3.8) is 0 Å². The SMILES string of the molecule is CC1(C)CC(Oc2ccc(C(=O)O)nc2)C(C)(C)O1. The molecular weight excluding hydrogens is 246 g/mol. The Balaban J connectivity index is 2.11. The topological polar surface area (TPSA) is 68.7 Å². The second kappa shape index (κ2) is 4.49. The van der Waals surface area contributed by atoms with Crippen molar-refractivity contribution in [1.29, 1.82) is 0 Å². The Morgan fingerprint density at radius 3 is 2.53 bits per heavy atom. The molecule has 1 N–H and O–H groups in total. The van der Waals surface area contributed by atoms with Crippen molar-refractivity contribution in [3.05, 3.63) is 24.0 Å². The van der Waals surface area contributed by atoms with Gasteiger partial charge in [0.2, 0.25) is 0 Å². The largest absolute Gasteiger partial charge is 0.486 e. The minimum Gasteiger partial charge on any atom is -0.486 e. The van der Waals surface area contributed by atoms with E-state index in [1.54, 1.807) is 6.07 Å². The van der Waals surface area contributed by atoms with Crippen molar-refractivity contribution in [2.45, 2.75) is 51.4 Å². The van der Waals surface area contributed by atoms with Crippen LogP contribution in [0.5, 0.6) is 5.75 Å². The molecule has 0 bridgehead atoms. The first-order valence-corrected chi connectivity index (χ1v) is 6.26. The van der Waals surface area contributed by atoms with Crippen LogP contribution in [0.4, 0.5) is 0 Å². The molecule has 1 unspecified atom stereocenters. The zero-order chi connectivity index (χ0) is 14.3. The summed E-state index contributed by atoms with van der Waals surface area (Å²) in [5.41, 5.74) is -0.591. The molecular formula is C14H19NO4. The summed E-state index contributed by atoms with van der Waals surface area (Å²) in [6.45, 7) is 8.05.